The quantitative estimate of drug-likeness (QED) is 0.613. The maximum absolute atomic E-state index is 13.1. The van der Waals surface area contributed by atoms with Crippen LogP contribution in [-0.4, -0.2) is 54.2 Å². The first kappa shape index (κ1) is 23.5. The molecule has 3 N–H and O–H groups in total. The van der Waals surface area contributed by atoms with Crippen molar-refractivity contribution in [3.8, 4) is 11.1 Å². The topological polar surface area (TPSA) is 106 Å². The molecule has 2 aromatic rings. The molecule has 4 heterocycles. The molecule has 2 fully saturated rings. The first-order valence-corrected chi connectivity index (χ1v) is 14.2. The molecule has 1 saturated carbocycles. The predicted molar refractivity (Wildman–Crippen MR) is 135 cm³/mol. The lowest BCUT2D eigenvalue weighted by atomic mass is 9.89. The van der Waals surface area contributed by atoms with Gasteiger partial charge in [-0.3, -0.25) is 14.3 Å². The van der Waals surface area contributed by atoms with E-state index in [2.05, 4.69) is 29.2 Å². The number of rotatable bonds is 5. The molecule has 182 valence electrons. The number of hydrogen-bond acceptors (Lipinski definition) is 5. The molecular weight excluding hydrogens is 468 g/mol. The molecule has 0 spiro atoms. The minimum Gasteiger partial charge on any atom is -0.355 e. The van der Waals surface area contributed by atoms with Crippen LogP contribution in [0.15, 0.2) is 18.5 Å². The maximum atomic E-state index is 13.1. The molecule has 0 aromatic carbocycles. The summed E-state index contributed by atoms with van der Waals surface area (Å²) >= 11 is 6.51. The summed E-state index contributed by atoms with van der Waals surface area (Å²) in [6.45, 7) is 8.78. The highest BCUT2D eigenvalue weighted by Gasteiger charge is 2.45. The lowest BCUT2D eigenvalue weighted by molar-refractivity contribution is -0.130. The van der Waals surface area contributed by atoms with Gasteiger partial charge in [0.25, 0.3) is 0 Å². The molecule has 2 aliphatic heterocycles. The third-order valence-electron chi connectivity index (χ3n) is 7.78. The minimum atomic E-state index is -0.830. The predicted octanol–water partition coefficient (Wildman–Crippen LogP) is 2.45. The van der Waals surface area contributed by atoms with Gasteiger partial charge >= 0.3 is 0 Å². The van der Waals surface area contributed by atoms with E-state index in [0.717, 1.165) is 50.0 Å². The molecular formula is C24H33ClN6O2Si. The molecule has 0 bridgehead atoms. The third-order valence-corrected chi connectivity index (χ3v) is 9.14. The van der Waals surface area contributed by atoms with Crippen molar-refractivity contribution in [2.45, 2.75) is 52.1 Å². The van der Waals surface area contributed by atoms with E-state index in [9.17, 15) is 9.59 Å². The Labute approximate surface area is 207 Å². The van der Waals surface area contributed by atoms with E-state index in [1.54, 1.807) is 6.20 Å². The number of likely N-dealkylation sites (tertiary alicyclic amines) is 1. The highest BCUT2D eigenvalue weighted by atomic mass is 35.5. The monoisotopic (exact) mass is 500 g/mol. The third kappa shape index (κ3) is 4.29. The Kier molecular flexibility index (Phi) is 6.06. The van der Waals surface area contributed by atoms with Crippen molar-refractivity contribution in [1.82, 2.24) is 19.7 Å². The summed E-state index contributed by atoms with van der Waals surface area (Å²) in [5.41, 5.74) is 3.18. The molecule has 1 aliphatic carbocycles. The van der Waals surface area contributed by atoms with Gasteiger partial charge in [0.05, 0.1) is 11.2 Å². The Balaban J connectivity index is 1.25. The molecule has 4 atom stereocenters. The summed E-state index contributed by atoms with van der Waals surface area (Å²) < 4.78 is 2.05. The number of anilines is 1. The van der Waals surface area contributed by atoms with E-state index >= 15 is 0 Å². The molecule has 3 aliphatic rings. The minimum absolute atomic E-state index is 0.00264. The fourth-order valence-electron chi connectivity index (χ4n) is 5.92. The Hall–Kier alpha value is -2.23. The number of aromatic nitrogens is 3. The van der Waals surface area contributed by atoms with Crippen LogP contribution in [0.4, 0.5) is 5.82 Å². The highest BCUT2D eigenvalue weighted by Crippen LogP contribution is 2.43. The second-order valence-corrected chi connectivity index (χ2v) is 13.2. The molecule has 1 saturated heterocycles. The fourth-order valence-corrected chi connectivity index (χ4v) is 6.59. The molecule has 5 rings (SSSR count). The van der Waals surface area contributed by atoms with Gasteiger partial charge in [-0.25, -0.2) is 4.98 Å². The molecule has 8 nitrogen and oxygen atoms in total. The number of carbonyl (C=O) groups is 2. The van der Waals surface area contributed by atoms with Crippen LogP contribution in [0, 0.1) is 23.2 Å². The molecule has 1 unspecified atom stereocenters. The van der Waals surface area contributed by atoms with Crippen molar-refractivity contribution in [1.29, 1.82) is 0 Å². The lowest BCUT2D eigenvalue weighted by Gasteiger charge is -2.21. The van der Waals surface area contributed by atoms with Crippen LogP contribution in [0.5, 0.6) is 0 Å². The van der Waals surface area contributed by atoms with Crippen LogP contribution in [0.3, 0.4) is 0 Å². The van der Waals surface area contributed by atoms with Crippen molar-refractivity contribution in [2.24, 2.45) is 28.6 Å². The molecule has 34 heavy (non-hydrogen) atoms. The SMILES string of the molecule is C[C@H]([SiH2]N)C(=O)N1C[C@H]2CC(C(=O)Nc3cc(-c4cnn5c4CC(C)(C)C5)c(Cl)cn3)C[C@H]2C1. The van der Waals surface area contributed by atoms with E-state index < -0.39 is 9.68 Å². The highest BCUT2D eigenvalue weighted by molar-refractivity contribution is 6.40. The molecule has 2 amide bonds. The summed E-state index contributed by atoms with van der Waals surface area (Å²) in [5.74, 6) is 1.42. The maximum Gasteiger partial charge on any atom is 0.228 e. The fraction of sp³-hybridized carbons (Fsp3) is 0.583. The van der Waals surface area contributed by atoms with E-state index in [1.807, 2.05) is 28.8 Å². The summed E-state index contributed by atoms with van der Waals surface area (Å²) in [6, 6.07) is 1.86. The zero-order chi connectivity index (χ0) is 24.2. The van der Waals surface area contributed by atoms with E-state index in [4.69, 9.17) is 17.0 Å². The number of nitrogens with two attached hydrogens (primary N) is 1. The Morgan fingerprint density at radius 2 is 1.94 bits per heavy atom. The summed E-state index contributed by atoms with van der Waals surface area (Å²) in [4.78, 5) is 31.9. The zero-order valence-electron chi connectivity index (χ0n) is 20.1. The van der Waals surface area contributed by atoms with Gasteiger partial charge in [0.15, 0.2) is 0 Å². The van der Waals surface area contributed by atoms with Gasteiger partial charge in [-0.2, -0.15) is 5.10 Å². The van der Waals surface area contributed by atoms with Crippen LogP contribution in [0.2, 0.25) is 10.6 Å². The summed E-state index contributed by atoms with van der Waals surface area (Å²) in [6.07, 6.45) is 6.00. The molecule has 10 heteroatoms. The van der Waals surface area contributed by atoms with E-state index in [1.165, 1.54) is 5.69 Å². The van der Waals surface area contributed by atoms with Crippen molar-refractivity contribution in [3.63, 3.8) is 0 Å². The number of halogens is 1. The van der Waals surface area contributed by atoms with Gasteiger partial charge < -0.3 is 15.6 Å². The van der Waals surface area contributed by atoms with Crippen LogP contribution >= 0.6 is 11.6 Å². The number of hydrogen-bond donors (Lipinski definition) is 2. The van der Waals surface area contributed by atoms with Crippen molar-refractivity contribution < 1.29 is 9.59 Å². The molecule has 0 radical (unpaired) electrons. The summed E-state index contributed by atoms with van der Waals surface area (Å²) in [7, 11) is -0.830. The van der Waals surface area contributed by atoms with Gasteiger partial charge in [0, 0.05) is 54.1 Å². The van der Waals surface area contributed by atoms with Crippen molar-refractivity contribution in [2.75, 3.05) is 18.4 Å². The number of carbonyl (C=O) groups excluding carboxylic acids is 2. The molecule has 2 aromatic heterocycles. The largest absolute Gasteiger partial charge is 0.355 e. The van der Waals surface area contributed by atoms with Gasteiger partial charge in [-0.05, 0) is 42.6 Å². The number of pyridine rings is 1. The second-order valence-electron chi connectivity index (χ2n) is 11.1. The Morgan fingerprint density at radius 3 is 2.62 bits per heavy atom. The van der Waals surface area contributed by atoms with Gasteiger partial charge in [0.2, 0.25) is 11.8 Å². The number of nitrogens with zero attached hydrogens (tertiary/aromatic N) is 4. The van der Waals surface area contributed by atoms with Gasteiger partial charge in [0.1, 0.15) is 15.5 Å². The Morgan fingerprint density at radius 1 is 1.24 bits per heavy atom. The smallest absolute Gasteiger partial charge is 0.228 e. The van der Waals surface area contributed by atoms with E-state index in [-0.39, 0.29) is 28.7 Å². The van der Waals surface area contributed by atoms with Crippen molar-refractivity contribution in [3.05, 3.63) is 29.2 Å². The average Bonchev–Trinajstić information content (AvgIpc) is 3.52. The Bertz CT molecular complexity index is 1120. The van der Waals surface area contributed by atoms with Crippen LogP contribution < -0.4 is 10.7 Å². The van der Waals surface area contributed by atoms with Crippen LogP contribution in [0.25, 0.3) is 11.1 Å². The van der Waals surface area contributed by atoms with Gasteiger partial charge in [-0.15, -0.1) is 0 Å². The average molecular weight is 501 g/mol. The van der Waals surface area contributed by atoms with Crippen LogP contribution in [-0.2, 0) is 22.6 Å². The zero-order valence-corrected chi connectivity index (χ0v) is 22.2. The normalized spacial score (nSPS) is 26.1. The second kappa shape index (κ2) is 8.77. The standard InChI is InChI=1S/C24H33ClN6O2Si/c1-13(34-26)23(33)30-10-15-4-14(5-16(15)11-30)22(32)29-21-6-17(19(25)9-27-21)18-8-28-31-12-24(2,3)7-20(18)31/h6,8-9,13-16H,4-5,7,10-12,26,34H2,1-3H3,(H,27,29,32)/t13-,14?,15-,16+/m0/s1. The number of fused-ring (bicyclic) bond motifs is 2. The summed E-state index contributed by atoms with van der Waals surface area (Å²) in [5, 5.41) is 13.9. The van der Waals surface area contributed by atoms with E-state index in [0.29, 0.717) is 22.7 Å². The number of nitrogens with one attached hydrogen (secondary N) is 1. The van der Waals surface area contributed by atoms with Crippen LogP contribution in [0.1, 0.15) is 39.3 Å². The first-order valence-electron chi connectivity index (χ1n) is 12.2. The number of amides is 2. The first-order chi connectivity index (χ1) is 16.1. The van der Waals surface area contributed by atoms with Gasteiger partial charge in [-0.1, -0.05) is 32.4 Å². The lowest BCUT2D eigenvalue weighted by Crippen LogP contribution is -2.36. The van der Waals surface area contributed by atoms with Crippen molar-refractivity contribution >= 4 is 38.9 Å².